The second-order valence-electron chi connectivity index (χ2n) is 8.55. The highest BCUT2D eigenvalue weighted by Gasteiger charge is 2.27. The van der Waals surface area contributed by atoms with Crippen LogP contribution in [0.2, 0.25) is 0 Å². The van der Waals surface area contributed by atoms with Crippen LogP contribution in [0.1, 0.15) is 43.9 Å². The van der Waals surface area contributed by atoms with Gasteiger partial charge in [-0.2, -0.15) is 5.10 Å². The van der Waals surface area contributed by atoms with Crippen LogP contribution in [0.15, 0.2) is 10.9 Å². The van der Waals surface area contributed by atoms with Gasteiger partial charge in [0.05, 0.1) is 18.4 Å². The van der Waals surface area contributed by atoms with Gasteiger partial charge in [-0.25, -0.2) is 4.68 Å². The number of ether oxygens (including phenoxy) is 1. The smallest absolute Gasteiger partial charge is 0.267 e. The second kappa shape index (κ2) is 8.74. The number of hydrogen-bond donors (Lipinski definition) is 0. The molecule has 2 saturated heterocycles. The van der Waals surface area contributed by atoms with E-state index in [1.807, 2.05) is 11.0 Å². The van der Waals surface area contributed by atoms with Crippen LogP contribution in [0, 0.1) is 5.92 Å². The molecule has 0 bridgehead atoms. The average molecular weight is 389 g/mol. The van der Waals surface area contributed by atoms with Gasteiger partial charge < -0.3 is 14.5 Å². The first kappa shape index (κ1) is 19.6. The van der Waals surface area contributed by atoms with Crippen LogP contribution in [0.25, 0.3) is 0 Å². The lowest BCUT2D eigenvalue weighted by molar-refractivity contribution is -0.137. The van der Waals surface area contributed by atoms with E-state index in [-0.39, 0.29) is 17.6 Å². The Morgan fingerprint density at radius 3 is 2.75 bits per heavy atom. The van der Waals surface area contributed by atoms with Crippen LogP contribution < -0.4 is 5.56 Å². The standard InChI is InChI=1S/C21H32N4O3/c1-16(26)24-10-11-28-19(15-24)14-23-8-6-17(7-9-23)13-25-21(27)12-18-4-2-3-5-20(18)22-25/h12,17,19H,2-11,13-15H2,1H3. The fraction of sp³-hybridized carbons (Fsp3) is 0.762. The van der Waals surface area contributed by atoms with Crippen molar-refractivity contribution in [2.24, 2.45) is 5.92 Å². The molecule has 1 amide bonds. The van der Waals surface area contributed by atoms with Crippen LogP contribution in [0.5, 0.6) is 0 Å². The first-order valence-electron chi connectivity index (χ1n) is 10.8. The zero-order valence-electron chi connectivity index (χ0n) is 16.9. The number of morpholine rings is 1. The highest BCUT2D eigenvalue weighted by Crippen LogP contribution is 2.21. The average Bonchev–Trinajstić information content (AvgIpc) is 2.70. The molecule has 1 aliphatic carbocycles. The lowest BCUT2D eigenvalue weighted by Gasteiger charge is -2.38. The first-order chi connectivity index (χ1) is 13.6. The number of likely N-dealkylation sites (tertiary alicyclic amines) is 1. The summed E-state index contributed by atoms with van der Waals surface area (Å²) < 4.78 is 7.57. The summed E-state index contributed by atoms with van der Waals surface area (Å²) in [4.78, 5) is 28.3. The molecule has 28 heavy (non-hydrogen) atoms. The molecule has 7 heteroatoms. The van der Waals surface area contributed by atoms with E-state index in [0.29, 0.717) is 25.6 Å². The number of amides is 1. The van der Waals surface area contributed by atoms with E-state index >= 15 is 0 Å². The van der Waals surface area contributed by atoms with Crippen LogP contribution in [0.3, 0.4) is 0 Å². The van der Waals surface area contributed by atoms with E-state index in [4.69, 9.17) is 4.74 Å². The Hall–Kier alpha value is -1.73. The van der Waals surface area contributed by atoms with Gasteiger partial charge in [0.15, 0.2) is 0 Å². The van der Waals surface area contributed by atoms with E-state index in [9.17, 15) is 9.59 Å². The maximum absolute atomic E-state index is 12.4. The lowest BCUT2D eigenvalue weighted by atomic mass is 9.95. The Morgan fingerprint density at radius 1 is 1.18 bits per heavy atom. The topological polar surface area (TPSA) is 67.7 Å². The maximum atomic E-state index is 12.4. The fourth-order valence-electron chi connectivity index (χ4n) is 4.73. The van der Waals surface area contributed by atoms with E-state index in [2.05, 4.69) is 10.00 Å². The largest absolute Gasteiger partial charge is 0.373 e. The predicted octanol–water partition coefficient (Wildman–Crippen LogP) is 1.08. The number of aromatic nitrogens is 2. The van der Waals surface area contributed by atoms with Crippen molar-refractivity contribution in [2.45, 2.75) is 58.1 Å². The van der Waals surface area contributed by atoms with Gasteiger partial charge in [0.25, 0.3) is 5.56 Å². The normalized spacial score (nSPS) is 24.2. The molecule has 3 heterocycles. The third-order valence-electron chi connectivity index (χ3n) is 6.46. The molecule has 0 aromatic carbocycles. The van der Waals surface area contributed by atoms with E-state index < -0.39 is 0 Å². The molecule has 3 aliphatic rings. The van der Waals surface area contributed by atoms with E-state index in [1.165, 1.54) is 12.8 Å². The van der Waals surface area contributed by atoms with Gasteiger partial charge in [-0.15, -0.1) is 0 Å². The summed E-state index contributed by atoms with van der Waals surface area (Å²) in [5.74, 6) is 0.638. The van der Waals surface area contributed by atoms with Gasteiger partial charge in [0, 0.05) is 39.2 Å². The highest BCUT2D eigenvalue weighted by atomic mass is 16.5. The molecule has 1 atom stereocenters. The summed E-state index contributed by atoms with van der Waals surface area (Å²) in [6.07, 6.45) is 6.63. The summed E-state index contributed by atoms with van der Waals surface area (Å²) in [7, 11) is 0. The minimum Gasteiger partial charge on any atom is -0.373 e. The second-order valence-corrected chi connectivity index (χ2v) is 8.55. The van der Waals surface area contributed by atoms with Gasteiger partial charge >= 0.3 is 0 Å². The molecule has 1 aromatic heterocycles. The molecule has 1 aromatic rings. The number of carbonyl (C=O) groups is 1. The minimum atomic E-state index is 0.0583. The van der Waals surface area contributed by atoms with Gasteiger partial charge in [-0.3, -0.25) is 9.59 Å². The number of hydrogen-bond acceptors (Lipinski definition) is 5. The summed E-state index contributed by atoms with van der Waals surface area (Å²) in [5, 5.41) is 4.68. The number of carbonyl (C=O) groups excluding carboxylic acids is 1. The Balaban J connectivity index is 1.28. The first-order valence-corrected chi connectivity index (χ1v) is 10.8. The minimum absolute atomic E-state index is 0.0583. The summed E-state index contributed by atoms with van der Waals surface area (Å²) in [6, 6.07) is 1.82. The van der Waals surface area contributed by atoms with E-state index in [1.54, 1.807) is 11.6 Å². The van der Waals surface area contributed by atoms with Crippen molar-refractivity contribution in [3.05, 3.63) is 27.7 Å². The van der Waals surface area contributed by atoms with Gasteiger partial charge in [-0.1, -0.05) is 0 Å². The molecule has 2 aliphatic heterocycles. The third-order valence-corrected chi connectivity index (χ3v) is 6.46. The van der Waals surface area contributed by atoms with Crippen molar-refractivity contribution in [1.29, 1.82) is 0 Å². The quantitative estimate of drug-likeness (QED) is 0.772. The van der Waals surface area contributed by atoms with Crippen molar-refractivity contribution in [3.8, 4) is 0 Å². The summed E-state index contributed by atoms with van der Waals surface area (Å²) in [5.41, 5.74) is 2.35. The molecule has 154 valence electrons. The molecule has 0 saturated carbocycles. The molecule has 7 nitrogen and oxygen atoms in total. The van der Waals surface area contributed by atoms with Crippen LogP contribution >= 0.6 is 0 Å². The number of nitrogens with zero attached hydrogens (tertiary/aromatic N) is 4. The molecular formula is C21H32N4O3. The van der Waals surface area contributed by atoms with Crippen molar-refractivity contribution in [3.63, 3.8) is 0 Å². The maximum Gasteiger partial charge on any atom is 0.267 e. The number of piperidine rings is 1. The van der Waals surface area contributed by atoms with Gasteiger partial charge in [-0.05, 0) is 63.1 Å². The van der Waals surface area contributed by atoms with Gasteiger partial charge in [0.1, 0.15) is 0 Å². The number of fused-ring (bicyclic) bond motifs is 1. The van der Waals surface area contributed by atoms with Crippen LogP contribution in [-0.2, 0) is 28.9 Å². The monoisotopic (exact) mass is 388 g/mol. The molecule has 4 rings (SSSR count). The zero-order valence-corrected chi connectivity index (χ0v) is 16.9. The van der Waals surface area contributed by atoms with Crippen molar-refractivity contribution < 1.29 is 9.53 Å². The van der Waals surface area contributed by atoms with Crippen molar-refractivity contribution in [2.75, 3.05) is 39.3 Å². The highest BCUT2D eigenvalue weighted by molar-refractivity contribution is 5.73. The number of rotatable bonds is 4. The van der Waals surface area contributed by atoms with Crippen molar-refractivity contribution >= 4 is 5.91 Å². The summed E-state index contributed by atoms with van der Waals surface area (Å²) >= 11 is 0. The molecule has 0 radical (unpaired) electrons. The Kier molecular flexibility index (Phi) is 6.11. The molecular weight excluding hydrogens is 356 g/mol. The van der Waals surface area contributed by atoms with Crippen LogP contribution in [0.4, 0.5) is 0 Å². The molecule has 1 unspecified atom stereocenters. The number of aryl methyl sites for hydroxylation is 2. The van der Waals surface area contributed by atoms with Crippen molar-refractivity contribution in [1.82, 2.24) is 19.6 Å². The van der Waals surface area contributed by atoms with Crippen LogP contribution in [-0.4, -0.2) is 70.9 Å². The Morgan fingerprint density at radius 2 is 1.96 bits per heavy atom. The zero-order chi connectivity index (χ0) is 19.5. The Bertz CT molecular complexity index is 755. The lowest BCUT2D eigenvalue weighted by Crippen LogP contribution is -2.50. The SMILES string of the molecule is CC(=O)N1CCOC(CN2CCC(Cn3nc4c(cc3=O)CCCC4)CC2)C1. The predicted molar refractivity (Wildman–Crippen MR) is 106 cm³/mol. The molecule has 2 fully saturated rings. The summed E-state index contributed by atoms with van der Waals surface area (Å²) in [6.45, 7) is 7.32. The molecule has 0 N–H and O–H groups in total. The molecule has 0 spiro atoms. The van der Waals surface area contributed by atoms with E-state index in [0.717, 1.165) is 63.1 Å². The Labute approximate surface area is 166 Å². The third kappa shape index (κ3) is 4.63. The van der Waals surface area contributed by atoms with Gasteiger partial charge in [0.2, 0.25) is 5.91 Å². The fourth-order valence-corrected chi connectivity index (χ4v) is 4.73.